The minimum Gasteiger partial charge on any atom is -0.803 e. The van der Waals surface area contributed by atoms with E-state index in [0.29, 0.717) is 22.8 Å². The van der Waals surface area contributed by atoms with Gasteiger partial charge in [-0.25, -0.2) is 0 Å². The highest BCUT2D eigenvalue weighted by atomic mass is 16.5. The lowest BCUT2D eigenvalue weighted by molar-refractivity contribution is 0.304. The summed E-state index contributed by atoms with van der Waals surface area (Å²) in [6.07, 6.45) is 1.70. The van der Waals surface area contributed by atoms with Crippen LogP contribution >= 0.6 is 0 Å². The summed E-state index contributed by atoms with van der Waals surface area (Å²) in [5.74, 6) is 0.399. The van der Waals surface area contributed by atoms with Crippen molar-refractivity contribution in [2.45, 2.75) is 47.5 Å². The molecule has 0 aliphatic rings. The largest absolute Gasteiger partial charge is 0.803 e. The van der Waals surface area contributed by atoms with Crippen LogP contribution in [0.3, 0.4) is 0 Å². The van der Waals surface area contributed by atoms with Crippen LogP contribution in [-0.2, 0) is 6.42 Å². The van der Waals surface area contributed by atoms with Gasteiger partial charge < -0.3 is 9.94 Å². The molecule has 1 atom stereocenters. The molecule has 0 fully saturated rings. The molecule has 0 aliphatic heterocycles. The smallest absolute Gasteiger partial charge is 0.246 e. The van der Waals surface area contributed by atoms with Crippen molar-refractivity contribution in [3.05, 3.63) is 39.0 Å². The van der Waals surface area contributed by atoms with Crippen LogP contribution in [0.4, 0.5) is 0 Å². The molecule has 96 valence electrons. The average molecular weight is 236 g/mol. The first-order valence-electron chi connectivity index (χ1n) is 6.09. The summed E-state index contributed by atoms with van der Waals surface area (Å²) in [4.78, 5) is 11.4. The van der Waals surface area contributed by atoms with E-state index in [-0.39, 0.29) is 5.41 Å². The van der Waals surface area contributed by atoms with E-state index in [1.54, 1.807) is 0 Å². The molecule has 0 aromatic carbocycles. The van der Waals surface area contributed by atoms with E-state index in [9.17, 15) is 10.0 Å². The highest BCUT2D eigenvalue weighted by Crippen LogP contribution is 2.26. The van der Waals surface area contributed by atoms with E-state index < -0.39 is 5.56 Å². The third kappa shape index (κ3) is 4.25. The predicted molar refractivity (Wildman–Crippen MR) is 71.1 cm³/mol. The topological polar surface area (TPSA) is 45.1 Å². The van der Waals surface area contributed by atoms with Crippen LogP contribution in [0.25, 0.3) is 0 Å². The molecule has 0 spiro atoms. The maximum Gasteiger partial charge on any atom is 0.246 e. The molecule has 17 heavy (non-hydrogen) atoms. The van der Waals surface area contributed by atoms with Crippen molar-refractivity contribution in [3.63, 3.8) is 0 Å². The van der Waals surface area contributed by atoms with Gasteiger partial charge in [0.1, 0.15) is 0 Å². The molecule has 0 unspecified atom stereocenters. The van der Waals surface area contributed by atoms with Gasteiger partial charge in [-0.15, -0.1) is 0 Å². The Labute approximate surface area is 103 Å². The van der Waals surface area contributed by atoms with E-state index in [4.69, 9.17) is 0 Å². The number of pyridine rings is 1. The SMILES string of the molecule is Cc1cc(C[C@@H](C)CC(C)(C)C)n([O-])c(=O)c1. The summed E-state index contributed by atoms with van der Waals surface area (Å²) < 4.78 is 0.520. The van der Waals surface area contributed by atoms with E-state index in [2.05, 4.69) is 27.7 Å². The second-order valence-corrected chi connectivity index (χ2v) is 6.23. The summed E-state index contributed by atoms with van der Waals surface area (Å²) in [5.41, 5.74) is 1.24. The minimum absolute atomic E-state index is 0.247. The highest BCUT2D eigenvalue weighted by Gasteiger charge is 2.16. The molecule has 0 saturated heterocycles. The maximum absolute atomic E-state index is 11.6. The quantitative estimate of drug-likeness (QED) is 0.809. The molecule has 0 N–H and O–H groups in total. The van der Waals surface area contributed by atoms with Gasteiger partial charge in [0.15, 0.2) is 0 Å². The summed E-state index contributed by atoms with van der Waals surface area (Å²) in [6.45, 7) is 10.5. The first-order valence-corrected chi connectivity index (χ1v) is 6.09. The highest BCUT2D eigenvalue weighted by molar-refractivity contribution is 5.17. The summed E-state index contributed by atoms with van der Waals surface area (Å²) in [5, 5.41) is 11.6. The molecular weight excluding hydrogens is 214 g/mol. The lowest BCUT2D eigenvalue weighted by Gasteiger charge is -2.25. The zero-order valence-electron chi connectivity index (χ0n) is 11.4. The van der Waals surface area contributed by atoms with Crippen LogP contribution in [0.2, 0.25) is 0 Å². The summed E-state index contributed by atoms with van der Waals surface area (Å²) in [7, 11) is 0. The number of hydrogen-bond donors (Lipinski definition) is 0. The van der Waals surface area contributed by atoms with Crippen LogP contribution in [0.1, 0.15) is 45.4 Å². The van der Waals surface area contributed by atoms with Gasteiger partial charge in [0.05, 0.1) is 0 Å². The Balaban J connectivity index is 2.85. The number of aromatic nitrogens is 1. The minimum atomic E-state index is -0.456. The van der Waals surface area contributed by atoms with Crippen molar-refractivity contribution in [3.8, 4) is 0 Å². The standard InChI is InChI=1S/C14H22NO2/c1-10-6-12(15(17)13(16)8-10)7-11(2)9-14(3,4)5/h6,8,11H,7,9H2,1-5H3/q-1/t11-/m1/s1. The van der Waals surface area contributed by atoms with Gasteiger partial charge in [-0.2, -0.15) is 0 Å². The van der Waals surface area contributed by atoms with Gasteiger partial charge >= 0.3 is 0 Å². The molecule has 1 heterocycles. The third-order valence-corrected chi connectivity index (χ3v) is 2.72. The van der Waals surface area contributed by atoms with Gasteiger partial charge in [-0.05, 0) is 42.7 Å². The molecule has 3 nitrogen and oxygen atoms in total. The second kappa shape index (κ2) is 4.94. The van der Waals surface area contributed by atoms with Crippen molar-refractivity contribution in [1.29, 1.82) is 0 Å². The molecule has 1 aromatic heterocycles. The molecule has 0 amide bonds. The maximum atomic E-state index is 11.6. The molecule has 0 radical (unpaired) electrons. The van der Waals surface area contributed by atoms with Crippen molar-refractivity contribution >= 4 is 0 Å². The Morgan fingerprint density at radius 2 is 1.94 bits per heavy atom. The molecule has 1 aromatic rings. The normalized spacial score (nSPS) is 13.7. The molecule has 3 heteroatoms. The molecule has 0 bridgehead atoms. The van der Waals surface area contributed by atoms with Gasteiger partial charge in [0.2, 0.25) is 5.56 Å². The number of aryl methyl sites for hydroxylation is 1. The zero-order chi connectivity index (χ0) is 13.2. The molecular formula is C14H22NO2-. The van der Waals surface area contributed by atoms with Gasteiger partial charge in [0.25, 0.3) is 0 Å². The van der Waals surface area contributed by atoms with Crippen molar-refractivity contribution in [2.75, 3.05) is 0 Å². The van der Waals surface area contributed by atoms with E-state index in [1.165, 1.54) is 6.07 Å². The van der Waals surface area contributed by atoms with E-state index >= 15 is 0 Å². The Kier molecular flexibility index (Phi) is 4.02. The van der Waals surface area contributed by atoms with Crippen LogP contribution < -0.4 is 5.56 Å². The van der Waals surface area contributed by atoms with Crippen molar-refractivity contribution in [2.24, 2.45) is 11.3 Å². The lowest BCUT2D eigenvalue weighted by atomic mass is 9.83. The monoisotopic (exact) mass is 236 g/mol. The number of rotatable bonds is 3. The van der Waals surface area contributed by atoms with E-state index in [0.717, 1.165) is 12.0 Å². The summed E-state index contributed by atoms with van der Waals surface area (Å²) >= 11 is 0. The number of nitrogens with zero attached hydrogens (tertiary/aromatic N) is 1. The second-order valence-electron chi connectivity index (χ2n) is 6.23. The zero-order valence-corrected chi connectivity index (χ0v) is 11.4. The van der Waals surface area contributed by atoms with Crippen LogP contribution in [0, 0.1) is 23.5 Å². The van der Waals surface area contributed by atoms with Crippen molar-refractivity contribution in [1.82, 2.24) is 4.73 Å². The Hall–Kier alpha value is -1.25. The Morgan fingerprint density at radius 3 is 2.47 bits per heavy atom. The van der Waals surface area contributed by atoms with Crippen LogP contribution in [-0.4, -0.2) is 4.73 Å². The fraction of sp³-hybridized carbons (Fsp3) is 0.643. The van der Waals surface area contributed by atoms with Crippen LogP contribution in [0.15, 0.2) is 16.9 Å². The first kappa shape index (κ1) is 13.8. The van der Waals surface area contributed by atoms with Crippen molar-refractivity contribution < 1.29 is 0 Å². The Bertz CT molecular complexity index is 441. The van der Waals surface area contributed by atoms with Gasteiger partial charge in [-0.1, -0.05) is 27.7 Å². The fourth-order valence-corrected chi connectivity index (χ4v) is 2.37. The predicted octanol–water partition coefficient (Wildman–Crippen LogP) is 3.12. The summed E-state index contributed by atoms with van der Waals surface area (Å²) in [6, 6.07) is 3.19. The third-order valence-electron chi connectivity index (χ3n) is 2.72. The van der Waals surface area contributed by atoms with Gasteiger partial charge in [-0.3, -0.25) is 4.79 Å². The van der Waals surface area contributed by atoms with Crippen LogP contribution in [0.5, 0.6) is 0 Å². The molecule has 1 rings (SSSR count). The first-order chi connectivity index (χ1) is 7.69. The Morgan fingerprint density at radius 1 is 1.35 bits per heavy atom. The lowest BCUT2D eigenvalue weighted by Crippen LogP contribution is -2.21. The number of hydrogen-bond acceptors (Lipinski definition) is 2. The molecule has 0 aliphatic carbocycles. The fourth-order valence-electron chi connectivity index (χ4n) is 2.37. The van der Waals surface area contributed by atoms with E-state index in [1.807, 2.05) is 13.0 Å². The average Bonchev–Trinajstić information content (AvgIpc) is 2.10. The van der Waals surface area contributed by atoms with Gasteiger partial charge in [0, 0.05) is 11.8 Å². The molecule has 0 saturated carbocycles.